The summed E-state index contributed by atoms with van der Waals surface area (Å²) in [6.45, 7) is 0. The number of aromatic nitrogens is 4. The Kier molecular flexibility index (Phi) is 2.73. The largest absolute Gasteiger partial charge is 0.357 e. The Bertz CT molecular complexity index is 807. The minimum atomic E-state index is 0.554. The molecule has 0 unspecified atom stereocenters. The molecule has 6 nitrogen and oxygen atoms in total. The maximum atomic E-state index is 4.48. The maximum Gasteiger partial charge on any atom is 0.226 e. The fraction of sp³-hybridized carbons (Fsp3) is 0.267. The minimum Gasteiger partial charge on any atom is -0.357 e. The molecule has 0 saturated carbocycles. The van der Waals surface area contributed by atoms with Crippen LogP contribution in [0.15, 0.2) is 24.5 Å². The second kappa shape index (κ2) is 4.73. The van der Waals surface area contributed by atoms with Crippen LogP contribution < -0.4 is 10.6 Å². The van der Waals surface area contributed by atoms with E-state index in [-0.39, 0.29) is 0 Å². The first-order chi connectivity index (χ1) is 10.3. The van der Waals surface area contributed by atoms with Crippen LogP contribution in [0, 0.1) is 0 Å². The van der Waals surface area contributed by atoms with Gasteiger partial charge in [-0.2, -0.15) is 9.97 Å². The Hall–Kier alpha value is -2.63. The van der Waals surface area contributed by atoms with Gasteiger partial charge in [-0.25, -0.2) is 4.98 Å². The Balaban J connectivity index is 1.75. The predicted molar refractivity (Wildman–Crippen MR) is 83.0 cm³/mol. The van der Waals surface area contributed by atoms with Crippen molar-refractivity contribution in [2.45, 2.75) is 19.3 Å². The average Bonchev–Trinajstić information content (AvgIpc) is 3.14. The number of hydrogen-bond acceptors (Lipinski definition) is 5. The molecule has 4 rings (SSSR count). The third-order valence-electron chi connectivity index (χ3n) is 3.87. The third-order valence-corrected chi connectivity index (χ3v) is 3.87. The summed E-state index contributed by atoms with van der Waals surface area (Å²) in [7, 11) is 1.80. The van der Waals surface area contributed by atoms with Gasteiger partial charge in [0.15, 0.2) is 11.5 Å². The zero-order valence-corrected chi connectivity index (χ0v) is 11.8. The molecule has 6 heteroatoms. The number of aromatic amines is 1. The van der Waals surface area contributed by atoms with E-state index in [1.165, 1.54) is 24.0 Å². The van der Waals surface area contributed by atoms with Gasteiger partial charge in [0.2, 0.25) is 5.95 Å². The van der Waals surface area contributed by atoms with Crippen LogP contribution in [0.2, 0.25) is 0 Å². The summed E-state index contributed by atoms with van der Waals surface area (Å²) < 4.78 is 0. The zero-order chi connectivity index (χ0) is 14.2. The average molecular weight is 280 g/mol. The number of nitrogens with one attached hydrogen (secondary N) is 3. The molecule has 0 spiro atoms. The van der Waals surface area contributed by atoms with E-state index in [1.54, 1.807) is 13.4 Å². The second-order valence-corrected chi connectivity index (χ2v) is 5.21. The molecule has 2 heterocycles. The Morgan fingerprint density at radius 1 is 1.14 bits per heavy atom. The lowest BCUT2D eigenvalue weighted by atomic mass is 10.1. The number of imidazole rings is 1. The van der Waals surface area contributed by atoms with Gasteiger partial charge >= 0.3 is 0 Å². The van der Waals surface area contributed by atoms with Crippen LogP contribution in [0.5, 0.6) is 0 Å². The van der Waals surface area contributed by atoms with Crippen LogP contribution in [-0.4, -0.2) is 27.0 Å². The number of H-pyrrole nitrogens is 1. The monoisotopic (exact) mass is 280 g/mol. The van der Waals surface area contributed by atoms with Gasteiger partial charge in [-0.15, -0.1) is 0 Å². The highest BCUT2D eigenvalue weighted by Gasteiger charge is 2.13. The summed E-state index contributed by atoms with van der Waals surface area (Å²) >= 11 is 0. The van der Waals surface area contributed by atoms with Crippen LogP contribution in [0.4, 0.5) is 17.5 Å². The molecule has 0 bridgehead atoms. The normalized spacial score (nSPS) is 13.4. The molecular formula is C15H16N6. The number of nitrogens with zero attached hydrogens (tertiary/aromatic N) is 3. The first-order valence-corrected chi connectivity index (χ1v) is 7.11. The summed E-state index contributed by atoms with van der Waals surface area (Å²) in [5.74, 6) is 1.29. The second-order valence-electron chi connectivity index (χ2n) is 5.21. The third kappa shape index (κ3) is 2.08. The lowest BCUT2D eigenvalue weighted by Crippen LogP contribution is -2.02. The highest BCUT2D eigenvalue weighted by atomic mass is 15.2. The van der Waals surface area contributed by atoms with Gasteiger partial charge in [-0.05, 0) is 42.5 Å². The Labute approximate surface area is 122 Å². The molecule has 0 amide bonds. The zero-order valence-electron chi connectivity index (χ0n) is 11.8. The fourth-order valence-corrected chi connectivity index (χ4v) is 2.82. The quantitative estimate of drug-likeness (QED) is 0.687. The van der Waals surface area contributed by atoms with E-state index in [9.17, 15) is 0 Å². The van der Waals surface area contributed by atoms with E-state index >= 15 is 0 Å². The molecule has 21 heavy (non-hydrogen) atoms. The van der Waals surface area contributed by atoms with Gasteiger partial charge in [0, 0.05) is 12.7 Å². The highest BCUT2D eigenvalue weighted by molar-refractivity contribution is 5.86. The van der Waals surface area contributed by atoms with Crippen LogP contribution in [0.3, 0.4) is 0 Å². The van der Waals surface area contributed by atoms with Crippen molar-refractivity contribution in [1.82, 2.24) is 19.9 Å². The summed E-state index contributed by atoms with van der Waals surface area (Å²) in [5, 5.41) is 6.34. The van der Waals surface area contributed by atoms with E-state index < -0.39 is 0 Å². The molecule has 0 fully saturated rings. The molecule has 0 saturated heterocycles. The number of anilines is 3. The molecule has 106 valence electrons. The number of rotatable bonds is 3. The van der Waals surface area contributed by atoms with Crippen molar-refractivity contribution in [2.24, 2.45) is 0 Å². The van der Waals surface area contributed by atoms with Crippen LogP contribution in [-0.2, 0) is 12.8 Å². The SMILES string of the molecule is CNc1nc(Nc2ccc3c(c2)CCC3)c2[nH]cnc2n1. The fourth-order valence-electron chi connectivity index (χ4n) is 2.82. The summed E-state index contributed by atoms with van der Waals surface area (Å²) in [5.41, 5.74) is 5.41. The van der Waals surface area contributed by atoms with E-state index in [4.69, 9.17) is 0 Å². The minimum absolute atomic E-state index is 0.554. The van der Waals surface area contributed by atoms with Crippen molar-refractivity contribution in [3.8, 4) is 0 Å². The van der Waals surface area contributed by atoms with Crippen LogP contribution in [0.1, 0.15) is 17.5 Å². The summed E-state index contributed by atoms with van der Waals surface area (Å²) in [6.07, 6.45) is 5.24. The smallest absolute Gasteiger partial charge is 0.226 e. The highest BCUT2D eigenvalue weighted by Crippen LogP contribution is 2.28. The molecule has 3 N–H and O–H groups in total. The van der Waals surface area contributed by atoms with Crippen molar-refractivity contribution in [3.63, 3.8) is 0 Å². The number of hydrogen-bond donors (Lipinski definition) is 3. The summed E-state index contributed by atoms with van der Waals surface area (Å²) in [6, 6.07) is 6.52. The molecule has 0 aliphatic heterocycles. The van der Waals surface area contributed by atoms with Gasteiger partial charge in [0.1, 0.15) is 5.52 Å². The van der Waals surface area contributed by atoms with E-state index in [1.807, 2.05) is 0 Å². The molecule has 3 aromatic rings. The molecule has 1 aromatic carbocycles. The van der Waals surface area contributed by atoms with Crippen molar-refractivity contribution in [2.75, 3.05) is 17.7 Å². The van der Waals surface area contributed by atoms with Crippen LogP contribution >= 0.6 is 0 Å². The summed E-state index contributed by atoms with van der Waals surface area (Å²) in [4.78, 5) is 16.1. The standard InChI is InChI=1S/C15H16N6/c1-16-15-20-13-12(17-8-18-13)14(21-15)19-11-6-5-9-3-2-4-10(9)7-11/h5-8H,2-4H2,1H3,(H3,16,17,18,19,20,21). The molecule has 0 radical (unpaired) electrons. The maximum absolute atomic E-state index is 4.48. The number of aryl methyl sites for hydroxylation is 2. The van der Waals surface area contributed by atoms with Crippen LogP contribution in [0.25, 0.3) is 11.2 Å². The lowest BCUT2D eigenvalue weighted by molar-refractivity contribution is 0.912. The molecule has 1 aliphatic carbocycles. The van der Waals surface area contributed by atoms with Crippen molar-refractivity contribution < 1.29 is 0 Å². The van der Waals surface area contributed by atoms with Gasteiger partial charge in [-0.3, -0.25) is 0 Å². The number of fused-ring (bicyclic) bond motifs is 2. The van der Waals surface area contributed by atoms with E-state index in [0.29, 0.717) is 11.6 Å². The van der Waals surface area contributed by atoms with E-state index in [2.05, 4.69) is 48.8 Å². The Morgan fingerprint density at radius 3 is 2.95 bits per heavy atom. The number of benzene rings is 1. The van der Waals surface area contributed by atoms with Crippen molar-refractivity contribution in [1.29, 1.82) is 0 Å². The molecular weight excluding hydrogens is 264 g/mol. The van der Waals surface area contributed by atoms with Gasteiger partial charge < -0.3 is 15.6 Å². The molecule has 1 aliphatic rings. The predicted octanol–water partition coefficient (Wildman–Crippen LogP) is 2.63. The first kappa shape index (κ1) is 12.1. The van der Waals surface area contributed by atoms with Gasteiger partial charge in [0.25, 0.3) is 0 Å². The first-order valence-electron chi connectivity index (χ1n) is 7.11. The Morgan fingerprint density at radius 2 is 2.05 bits per heavy atom. The lowest BCUT2D eigenvalue weighted by Gasteiger charge is -2.09. The van der Waals surface area contributed by atoms with Crippen molar-refractivity contribution in [3.05, 3.63) is 35.7 Å². The topological polar surface area (TPSA) is 78.5 Å². The van der Waals surface area contributed by atoms with Crippen molar-refractivity contribution >= 4 is 28.6 Å². The molecule has 2 aromatic heterocycles. The molecule has 0 atom stereocenters. The van der Waals surface area contributed by atoms with Gasteiger partial charge in [0.05, 0.1) is 6.33 Å². The van der Waals surface area contributed by atoms with E-state index in [0.717, 1.165) is 23.4 Å². The van der Waals surface area contributed by atoms with Gasteiger partial charge in [-0.1, -0.05) is 6.07 Å².